The molecule has 0 saturated heterocycles. The van der Waals surface area contributed by atoms with E-state index in [1.807, 2.05) is 26.0 Å². The molecule has 1 aromatic carbocycles. The minimum atomic E-state index is -0.450. The summed E-state index contributed by atoms with van der Waals surface area (Å²) in [6.45, 7) is 3.88. The van der Waals surface area contributed by atoms with Gasteiger partial charge in [-0.1, -0.05) is 42.0 Å². The van der Waals surface area contributed by atoms with E-state index in [4.69, 9.17) is 28.2 Å². The summed E-state index contributed by atoms with van der Waals surface area (Å²) in [5.41, 5.74) is 1.72. The minimum absolute atomic E-state index is 0.130. The minimum Gasteiger partial charge on any atom is -0.451 e. The number of rotatable bonds is 4. The summed E-state index contributed by atoms with van der Waals surface area (Å²) in [6.07, 6.45) is 0.788. The number of carbonyl (C=O) groups is 1. The van der Waals surface area contributed by atoms with Gasteiger partial charge in [-0.3, -0.25) is 10.1 Å². The first-order valence-electron chi connectivity index (χ1n) is 7.78. The molecule has 0 spiro atoms. The Kier molecular flexibility index (Phi) is 5.65. The Balaban J connectivity index is 1.68. The lowest BCUT2D eigenvalue weighted by atomic mass is 10.1. The Labute approximate surface area is 164 Å². The van der Waals surface area contributed by atoms with Gasteiger partial charge in [0, 0.05) is 10.6 Å². The van der Waals surface area contributed by atoms with Crippen LogP contribution in [0, 0.1) is 6.92 Å². The molecular formula is C17H15ClN4O2S2. The summed E-state index contributed by atoms with van der Waals surface area (Å²) < 4.78 is 5.66. The van der Waals surface area contributed by atoms with E-state index in [-0.39, 0.29) is 10.9 Å². The number of thiocarbonyl (C=S) groups is 1. The molecule has 0 aliphatic carbocycles. The van der Waals surface area contributed by atoms with E-state index in [9.17, 15) is 4.79 Å². The van der Waals surface area contributed by atoms with E-state index in [1.165, 1.54) is 11.3 Å². The highest BCUT2D eigenvalue weighted by Gasteiger charge is 2.16. The third kappa shape index (κ3) is 4.09. The zero-order chi connectivity index (χ0) is 18.7. The Morgan fingerprint density at radius 1 is 1.31 bits per heavy atom. The van der Waals surface area contributed by atoms with Crippen molar-refractivity contribution in [2.24, 2.45) is 0 Å². The number of aromatic nitrogens is 2. The van der Waals surface area contributed by atoms with Crippen molar-refractivity contribution in [3.63, 3.8) is 0 Å². The molecule has 0 radical (unpaired) electrons. The Morgan fingerprint density at radius 2 is 2.12 bits per heavy atom. The standard InChI is InChI=1S/C17H15ClN4O2S2/c1-3-14-21-22-17(26-14)20-16(25)19-15(23)13-8-7-12(24-13)10-5-4-6-11(18)9(10)2/h4-8H,3H2,1-2H3,(H2,19,20,22,23,25). The lowest BCUT2D eigenvalue weighted by molar-refractivity contribution is 0.0951. The number of carbonyl (C=O) groups excluding carboxylic acids is 1. The topological polar surface area (TPSA) is 80.0 Å². The number of benzene rings is 1. The van der Waals surface area contributed by atoms with Crippen molar-refractivity contribution >= 4 is 51.3 Å². The van der Waals surface area contributed by atoms with Crippen LogP contribution in [0.3, 0.4) is 0 Å². The van der Waals surface area contributed by atoms with Crippen molar-refractivity contribution in [3.05, 3.63) is 51.7 Å². The molecule has 0 unspecified atom stereocenters. The second-order valence-corrected chi connectivity index (χ2v) is 7.22. The van der Waals surface area contributed by atoms with Gasteiger partial charge < -0.3 is 9.73 Å². The van der Waals surface area contributed by atoms with Gasteiger partial charge in [0.15, 0.2) is 10.9 Å². The molecule has 2 N–H and O–H groups in total. The number of hydrogen-bond acceptors (Lipinski definition) is 6. The number of halogens is 1. The quantitative estimate of drug-likeness (QED) is 0.623. The van der Waals surface area contributed by atoms with E-state index >= 15 is 0 Å². The van der Waals surface area contributed by atoms with Gasteiger partial charge in [-0.15, -0.1) is 10.2 Å². The summed E-state index contributed by atoms with van der Waals surface area (Å²) in [5, 5.41) is 15.5. The number of hydrogen-bond donors (Lipinski definition) is 2. The molecule has 6 nitrogen and oxygen atoms in total. The van der Waals surface area contributed by atoms with E-state index in [1.54, 1.807) is 18.2 Å². The monoisotopic (exact) mass is 406 g/mol. The number of nitrogens with one attached hydrogen (secondary N) is 2. The fourth-order valence-electron chi connectivity index (χ4n) is 2.22. The molecular weight excluding hydrogens is 392 g/mol. The number of anilines is 1. The number of amides is 1. The molecule has 3 aromatic rings. The van der Waals surface area contributed by atoms with Gasteiger partial charge in [0.25, 0.3) is 5.91 Å². The second kappa shape index (κ2) is 7.94. The lowest BCUT2D eigenvalue weighted by Gasteiger charge is -2.06. The van der Waals surface area contributed by atoms with Gasteiger partial charge in [0.05, 0.1) is 0 Å². The average Bonchev–Trinajstić information content (AvgIpc) is 3.26. The zero-order valence-electron chi connectivity index (χ0n) is 14.0. The van der Waals surface area contributed by atoms with E-state index in [2.05, 4.69) is 20.8 Å². The molecule has 2 heterocycles. The molecule has 3 rings (SSSR count). The van der Waals surface area contributed by atoms with Gasteiger partial charge in [-0.2, -0.15) is 0 Å². The first-order valence-corrected chi connectivity index (χ1v) is 9.38. The largest absolute Gasteiger partial charge is 0.451 e. The number of nitrogens with zero attached hydrogens (tertiary/aromatic N) is 2. The van der Waals surface area contributed by atoms with Gasteiger partial charge in [-0.25, -0.2) is 0 Å². The first-order chi connectivity index (χ1) is 12.5. The maximum Gasteiger partial charge on any atom is 0.293 e. The van der Waals surface area contributed by atoms with Gasteiger partial charge >= 0.3 is 0 Å². The zero-order valence-corrected chi connectivity index (χ0v) is 16.4. The molecule has 26 heavy (non-hydrogen) atoms. The molecule has 9 heteroatoms. The van der Waals surface area contributed by atoms with Crippen molar-refractivity contribution < 1.29 is 9.21 Å². The van der Waals surface area contributed by atoms with E-state index in [0.29, 0.717) is 15.9 Å². The smallest absolute Gasteiger partial charge is 0.293 e. The molecule has 0 saturated carbocycles. The summed E-state index contributed by atoms with van der Waals surface area (Å²) in [5.74, 6) is 0.259. The van der Waals surface area contributed by atoms with Crippen LogP contribution in [0.4, 0.5) is 5.13 Å². The molecule has 134 valence electrons. The molecule has 0 aliphatic rings. The van der Waals surface area contributed by atoms with E-state index < -0.39 is 5.91 Å². The Hall–Kier alpha value is -2.29. The third-order valence-electron chi connectivity index (χ3n) is 3.58. The van der Waals surface area contributed by atoms with Crippen LogP contribution in [0.2, 0.25) is 5.02 Å². The first kappa shape index (κ1) is 18.5. The molecule has 0 aliphatic heterocycles. The molecule has 0 bridgehead atoms. The van der Waals surface area contributed by atoms with Gasteiger partial charge in [-0.05, 0) is 49.3 Å². The summed E-state index contributed by atoms with van der Waals surface area (Å²) in [7, 11) is 0. The van der Waals surface area contributed by atoms with E-state index in [0.717, 1.165) is 22.6 Å². The molecule has 1 amide bonds. The second-order valence-electron chi connectivity index (χ2n) is 5.34. The van der Waals surface area contributed by atoms with Crippen LogP contribution in [0.25, 0.3) is 11.3 Å². The van der Waals surface area contributed by atoms with Gasteiger partial charge in [0.1, 0.15) is 10.8 Å². The third-order valence-corrected chi connectivity index (χ3v) is 5.18. The van der Waals surface area contributed by atoms with Gasteiger partial charge in [0.2, 0.25) is 5.13 Å². The number of aryl methyl sites for hydroxylation is 1. The van der Waals surface area contributed by atoms with Crippen LogP contribution in [0.1, 0.15) is 28.0 Å². The van der Waals surface area contributed by atoms with Crippen molar-refractivity contribution in [1.29, 1.82) is 0 Å². The Morgan fingerprint density at radius 3 is 2.85 bits per heavy atom. The molecule has 0 atom stereocenters. The predicted molar refractivity (Wildman–Crippen MR) is 107 cm³/mol. The van der Waals surface area contributed by atoms with Crippen LogP contribution in [0.5, 0.6) is 0 Å². The fourth-order valence-corrected chi connectivity index (χ4v) is 3.33. The Bertz CT molecular complexity index is 967. The lowest BCUT2D eigenvalue weighted by Crippen LogP contribution is -2.33. The van der Waals surface area contributed by atoms with Crippen molar-refractivity contribution in [2.45, 2.75) is 20.3 Å². The molecule has 2 aromatic heterocycles. The maximum atomic E-state index is 12.3. The van der Waals surface area contributed by atoms with Crippen molar-refractivity contribution in [1.82, 2.24) is 15.5 Å². The summed E-state index contributed by atoms with van der Waals surface area (Å²) in [4.78, 5) is 12.3. The highest BCUT2D eigenvalue weighted by atomic mass is 35.5. The van der Waals surface area contributed by atoms with Crippen molar-refractivity contribution in [2.75, 3.05) is 5.32 Å². The van der Waals surface area contributed by atoms with Crippen LogP contribution in [-0.2, 0) is 6.42 Å². The van der Waals surface area contributed by atoms with Crippen LogP contribution in [-0.4, -0.2) is 21.2 Å². The molecule has 0 fully saturated rings. The predicted octanol–water partition coefficient (Wildman–Crippen LogP) is 4.45. The number of furan rings is 1. The van der Waals surface area contributed by atoms with Crippen LogP contribution in [0.15, 0.2) is 34.7 Å². The maximum absolute atomic E-state index is 12.3. The highest BCUT2D eigenvalue weighted by Crippen LogP contribution is 2.29. The normalized spacial score (nSPS) is 10.6. The van der Waals surface area contributed by atoms with Crippen LogP contribution >= 0.6 is 35.2 Å². The van der Waals surface area contributed by atoms with Crippen LogP contribution < -0.4 is 10.6 Å². The highest BCUT2D eigenvalue weighted by molar-refractivity contribution is 7.80. The van der Waals surface area contributed by atoms with Crippen molar-refractivity contribution in [3.8, 4) is 11.3 Å². The summed E-state index contributed by atoms with van der Waals surface area (Å²) >= 11 is 12.6. The average molecular weight is 407 g/mol. The SMILES string of the molecule is CCc1nnc(NC(=S)NC(=O)c2ccc(-c3cccc(Cl)c3C)o2)s1. The summed E-state index contributed by atoms with van der Waals surface area (Å²) in [6, 6.07) is 8.84. The fraction of sp³-hybridized carbons (Fsp3) is 0.176.